The molecule has 162 valence electrons. The van der Waals surface area contributed by atoms with Crippen LogP contribution in [0, 0.1) is 5.92 Å². The summed E-state index contributed by atoms with van der Waals surface area (Å²) in [4.78, 5) is 0. The molecule has 2 atom stereocenters. The molecule has 2 fully saturated rings. The molecular formula is C28H38O2. The molecule has 2 nitrogen and oxygen atoms in total. The predicted octanol–water partition coefficient (Wildman–Crippen LogP) is 7.68. The normalized spacial score (nSPS) is 27.1. The van der Waals surface area contributed by atoms with Crippen molar-refractivity contribution < 1.29 is 9.47 Å². The van der Waals surface area contributed by atoms with Crippen molar-refractivity contribution in [3.8, 4) is 11.1 Å². The molecule has 0 bridgehead atoms. The van der Waals surface area contributed by atoms with Crippen LogP contribution < -0.4 is 0 Å². The average Bonchev–Trinajstić information content (AvgIpc) is 2.83. The third kappa shape index (κ3) is 5.34. The summed E-state index contributed by atoms with van der Waals surface area (Å²) in [6, 6.07) is 18.2. The van der Waals surface area contributed by atoms with Gasteiger partial charge in [0.1, 0.15) is 6.10 Å². The van der Waals surface area contributed by atoms with Crippen molar-refractivity contribution >= 4 is 0 Å². The van der Waals surface area contributed by atoms with Crippen LogP contribution in [-0.4, -0.2) is 19.3 Å². The number of hydrogen-bond acceptors (Lipinski definition) is 2. The van der Waals surface area contributed by atoms with Gasteiger partial charge in [-0.2, -0.15) is 0 Å². The predicted molar refractivity (Wildman–Crippen MR) is 125 cm³/mol. The Morgan fingerprint density at radius 3 is 1.90 bits per heavy atom. The lowest BCUT2D eigenvalue weighted by molar-refractivity contribution is -0.137. The molecule has 2 aliphatic rings. The zero-order valence-corrected chi connectivity index (χ0v) is 18.8. The topological polar surface area (TPSA) is 18.5 Å². The van der Waals surface area contributed by atoms with Crippen LogP contribution in [-0.2, 0) is 9.47 Å². The van der Waals surface area contributed by atoms with Gasteiger partial charge < -0.3 is 9.47 Å². The van der Waals surface area contributed by atoms with Crippen molar-refractivity contribution in [3.63, 3.8) is 0 Å². The Morgan fingerprint density at radius 2 is 1.37 bits per heavy atom. The highest BCUT2D eigenvalue weighted by Gasteiger charge is 2.23. The maximum atomic E-state index is 6.09. The van der Waals surface area contributed by atoms with E-state index in [9.17, 15) is 0 Å². The van der Waals surface area contributed by atoms with Gasteiger partial charge >= 0.3 is 0 Å². The monoisotopic (exact) mass is 406 g/mol. The van der Waals surface area contributed by atoms with Gasteiger partial charge in [0.2, 0.25) is 0 Å². The molecule has 2 aromatic rings. The first-order valence-electron chi connectivity index (χ1n) is 12.2. The lowest BCUT2D eigenvalue weighted by Gasteiger charge is -2.30. The minimum absolute atomic E-state index is 0.0672. The molecule has 1 aliphatic heterocycles. The molecular weight excluding hydrogens is 368 g/mol. The molecule has 0 radical (unpaired) electrons. The molecule has 1 saturated carbocycles. The average molecular weight is 407 g/mol. The van der Waals surface area contributed by atoms with Gasteiger partial charge in [-0.15, -0.1) is 0 Å². The molecule has 0 unspecified atom stereocenters. The van der Waals surface area contributed by atoms with Crippen LogP contribution in [0.15, 0.2) is 48.5 Å². The molecule has 0 aromatic heterocycles. The van der Waals surface area contributed by atoms with Crippen LogP contribution in [0.2, 0.25) is 0 Å². The van der Waals surface area contributed by atoms with E-state index in [1.165, 1.54) is 67.2 Å². The molecule has 0 spiro atoms. The van der Waals surface area contributed by atoms with Crippen molar-refractivity contribution in [3.05, 3.63) is 59.7 Å². The van der Waals surface area contributed by atoms with Gasteiger partial charge in [0.15, 0.2) is 0 Å². The zero-order valence-electron chi connectivity index (χ0n) is 18.8. The van der Waals surface area contributed by atoms with Gasteiger partial charge in [-0.1, -0.05) is 81.6 Å². The summed E-state index contributed by atoms with van der Waals surface area (Å²) in [6.45, 7) is 5.94. The first-order valence-corrected chi connectivity index (χ1v) is 12.2. The van der Waals surface area contributed by atoms with Crippen molar-refractivity contribution in [2.24, 2.45) is 5.92 Å². The highest BCUT2D eigenvalue weighted by molar-refractivity contribution is 5.64. The van der Waals surface area contributed by atoms with Crippen LogP contribution in [0.3, 0.4) is 0 Å². The largest absolute Gasteiger partial charge is 0.373 e. The molecule has 1 saturated heterocycles. The fraction of sp³-hybridized carbons (Fsp3) is 0.571. The SMILES string of the molecule is CCCC[C@@H]1CO[C@@H](c2ccc(-c3ccc(C4CCC(CC)CC4)cc3)cc2)CO1. The Morgan fingerprint density at radius 1 is 0.733 bits per heavy atom. The second kappa shape index (κ2) is 10.6. The molecule has 2 heteroatoms. The molecule has 0 amide bonds. The summed E-state index contributed by atoms with van der Waals surface area (Å²) >= 11 is 0. The summed E-state index contributed by atoms with van der Waals surface area (Å²) in [7, 11) is 0. The maximum Gasteiger partial charge on any atom is 0.106 e. The zero-order chi connectivity index (χ0) is 20.8. The second-order valence-electron chi connectivity index (χ2n) is 9.29. The van der Waals surface area contributed by atoms with Gasteiger partial charge in [-0.05, 0) is 66.2 Å². The van der Waals surface area contributed by atoms with Crippen LogP contribution in [0.4, 0.5) is 0 Å². The highest BCUT2D eigenvalue weighted by Crippen LogP contribution is 2.37. The molecule has 1 aliphatic carbocycles. The van der Waals surface area contributed by atoms with E-state index < -0.39 is 0 Å². The quantitative estimate of drug-likeness (QED) is 0.469. The van der Waals surface area contributed by atoms with Gasteiger partial charge in [0, 0.05) is 0 Å². The van der Waals surface area contributed by atoms with Crippen LogP contribution in [0.25, 0.3) is 11.1 Å². The minimum atomic E-state index is 0.0672. The van der Waals surface area contributed by atoms with Gasteiger partial charge in [-0.3, -0.25) is 0 Å². The van der Waals surface area contributed by atoms with E-state index in [4.69, 9.17) is 9.47 Å². The second-order valence-corrected chi connectivity index (χ2v) is 9.29. The first-order chi connectivity index (χ1) is 14.8. The number of ether oxygens (including phenoxy) is 2. The molecule has 4 rings (SSSR count). The molecule has 2 aromatic carbocycles. The lowest BCUT2D eigenvalue weighted by atomic mass is 9.77. The smallest absolute Gasteiger partial charge is 0.106 e. The van der Waals surface area contributed by atoms with Gasteiger partial charge in [-0.25, -0.2) is 0 Å². The van der Waals surface area contributed by atoms with E-state index >= 15 is 0 Å². The maximum absolute atomic E-state index is 6.09. The van der Waals surface area contributed by atoms with E-state index in [1.54, 1.807) is 0 Å². The van der Waals surface area contributed by atoms with E-state index in [2.05, 4.69) is 62.4 Å². The van der Waals surface area contributed by atoms with Crippen LogP contribution in [0.1, 0.15) is 88.4 Å². The van der Waals surface area contributed by atoms with Crippen molar-refractivity contribution in [2.75, 3.05) is 13.2 Å². The number of unbranched alkanes of at least 4 members (excludes halogenated alkanes) is 1. The van der Waals surface area contributed by atoms with Crippen LogP contribution in [0.5, 0.6) is 0 Å². The van der Waals surface area contributed by atoms with E-state index in [0.717, 1.165) is 18.3 Å². The summed E-state index contributed by atoms with van der Waals surface area (Å²) in [5.41, 5.74) is 5.32. The van der Waals surface area contributed by atoms with Crippen LogP contribution >= 0.6 is 0 Å². The van der Waals surface area contributed by atoms with Gasteiger partial charge in [0.25, 0.3) is 0 Å². The fourth-order valence-corrected chi connectivity index (χ4v) is 5.08. The van der Waals surface area contributed by atoms with Crippen molar-refractivity contribution in [1.82, 2.24) is 0 Å². The Bertz CT molecular complexity index is 748. The van der Waals surface area contributed by atoms with E-state index in [1.807, 2.05) is 0 Å². The minimum Gasteiger partial charge on any atom is -0.373 e. The third-order valence-electron chi connectivity index (χ3n) is 7.27. The molecule has 0 N–H and O–H groups in total. The number of hydrogen-bond donors (Lipinski definition) is 0. The first kappa shape index (κ1) is 21.6. The lowest BCUT2D eigenvalue weighted by Crippen LogP contribution is -2.31. The number of rotatable bonds is 7. The Hall–Kier alpha value is -1.64. The Labute approximate surface area is 183 Å². The number of benzene rings is 2. The standard InChI is InChI=1S/C28H38O2/c1-3-5-6-27-19-30-28(20-29-27)26-17-15-25(16-18-26)24-13-11-23(12-14-24)22-9-7-21(4-2)8-10-22/h11-18,21-22,27-28H,3-10,19-20H2,1-2H3/t21?,22?,27-,28-/m1/s1. The van der Waals surface area contributed by atoms with E-state index in [-0.39, 0.29) is 12.2 Å². The fourth-order valence-electron chi connectivity index (χ4n) is 5.08. The van der Waals surface area contributed by atoms with Crippen molar-refractivity contribution in [2.45, 2.75) is 83.3 Å². The molecule has 30 heavy (non-hydrogen) atoms. The Kier molecular flexibility index (Phi) is 7.62. The van der Waals surface area contributed by atoms with Gasteiger partial charge in [0.05, 0.1) is 19.3 Å². The summed E-state index contributed by atoms with van der Waals surface area (Å²) in [5, 5.41) is 0. The third-order valence-corrected chi connectivity index (χ3v) is 7.27. The summed E-state index contributed by atoms with van der Waals surface area (Å²) < 4.78 is 12.1. The van der Waals surface area contributed by atoms with E-state index in [0.29, 0.717) is 13.2 Å². The summed E-state index contributed by atoms with van der Waals surface area (Å²) in [5.74, 6) is 1.72. The Balaban J connectivity index is 1.33. The van der Waals surface area contributed by atoms with Crippen molar-refractivity contribution in [1.29, 1.82) is 0 Å². The summed E-state index contributed by atoms with van der Waals surface area (Å²) in [6.07, 6.45) is 10.7. The highest BCUT2D eigenvalue weighted by atomic mass is 16.6. The molecule has 1 heterocycles.